The first-order valence-corrected chi connectivity index (χ1v) is 3.72. The minimum absolute atomic E-state index is 0.153. The predicted octanol–water partition coefficient (Wildman–Crippen LogP) is -0.236. The van der Waals surface area contributed by atoms with Crippen LogP contribution >= 0.6 is 0 Å². The Morgan fingerprint density at radius 2 is 2.40 bits per heavy atom. The van der Waals surface area contributed by atoms with Gasteiger partial charge >= 0.3 is 0 Å². The molecule has 0 amide bonds. The molecule has 2 fully saturated rings. The molecule has 0 aromatic carbocycles. The maximum absolute atomic E-state index is 5.59. The number of nitrogens with one attached hydrogen (secondary N) is 1. The Morgan fingerprint density at radius 1 is 1.60 bits per heavy atom. The van der Waals surface area contributed by atoms with Gasteiger partial charge in [0.1, 0.15) is 0 Å². The lowest BCUT2D eigenvalue weighted by Gasteiger charge is -2.37. The standard InChI is InChI=1S/C7H13NO2/c1-9-6-2-7(10-3-6)4-8-5-7/h6,8H,2-5H2,1H3. The molecule has 1 N–H and O–H groups in total. The van der Waals surface area contributed by atoms with Gasteiger partial charge in [0.05, 0.1) is 18.3 Å². The second-order valence-electron chi connectivity index (χ2n) is 3.16. The van der Waals surface area contributed by atoms with Crippen molar-refractivity contribution in [3.8, 4) is 0 Å². The fourth-order valence-corrected chi connectivity index (χ4v) is 1.60. The summed E-state index contributed by atoms with van der Waals surface area (Å²) in [5, 5.41) is 3.21. The van der Waals surface area contributed by atoms with E-state index in [0.717, 1.165) is 26.1 Å². The van der Waals surface area contributed by atoms with Crippen LogP contribution in [0.25, 0.3) is 0 Å². The van der Waals surface area contributed by atoms with Gasteiger partial charge in [-0.3, -0.25) is 0 Å². The first-order valence-electron chi connectivity index (χ1n) is 3.72. The van der Waals surface area contributed by atoms with Gasteiger partial charge in [-0.25, -0.2) is 0 Å². The molecule has 2 heterocycles. The fourth-order valence-electron chi connectivity index (χ4n) is 1.60. The fraction of sp³-hybridized carbons (Fsp3) is 1.00. The highest BCUT2D eigenvalue weighted by Crippen LogP contribution is 2.30. The molecular formula is C7H13NO2. The summed E-state index contributed by atoms with van der Waals surface area (Å²) in [5.41, 5.74) is 0.153. The summed E-state index contributed by atoms with van der Waals surface area (Å²) in [7, 11) is 1.75. The third-order valence-corrected chi connectivity index (χ3v) is 2.40. The molecule has 1 unspecified atom stereocenters. The summed E-state index contributed by atoms with van der Waals surface area (Å²) in [6.45, 7) is 2.79. The number of hydrogen-bond donors (Lipinski definition) is 1. The molecule has 2 rings (SSSR count). The summed E-state index contributed by atoms with van der Waals surface area (Å²) in [6, 6.07) is 0. The summed E-state index contributed by atoms with van der Waals surface area (Å²) < 4.78 is 10.8. The summed E-state index contributed by atoms with van der Waals surface area (Å²) in [6.07, 6.45) is 1.40. The Morgan fingerprint density at radius 3 is 2.70 bits per heavy atom. The molecule has 0 aromatic heterocycles. The number of ether oxygens (including phenoxy) is 2. The van der Waals surface area contributed by atoms with Crippen molar-refractivity contribution in [2.75, 3.05) is 26.8 Å². The van der Waals surface area contributed by atoms with Gasteiger partial charge in [0, 0.05) is 26.6 Å². The molecule has 3 nitrogen and oxygen atoms in total. The first kappa shape index (κ1) is 6.58. The van der Waals surface area contributed by atoms with E-state index in [1.54, 1.807) is 7.11 Å². The Hall–Kier alpha value is -0.120. The van der Waals surface area contributed by atoms with Gasteiger partial charge in [0.25, 0.3) is 0 Å². The highest BCUT2D eigenvalue weighted by atomic mass is 16.6. The van der Waals surface area contributed by atoms with Crippen LogP contribution in [-0.2, 0) is 9.47 Å². The van der Waals surface area contributed by atoms with Crippen LogP contribution in [0.15, 0.2) is 0 Å². The van der Waals surface area contributed by atoms with Crippen LogP contribution in [0.3, 0.4) is 0 Å². The van der Waals surface area contributed by atoms with E-state index in [1.165, 1.54) is 0 Å². The number of hydrogen-bond acceptors (Lipinski definition) is 3. The lowest BCUT2D eigenvalue weighted by Crippen LogP contribution is -2.59. The predicted molar refractivity (Wildman–Crippen MR) is 37.0 cm³/mol. The third-order valence-electron chi connectivity index (χ3n) is 2.40. The molecule has 1 atom stereocenters. The third kappa shape index (κ3) is 0.856. The van der Waals surface area contributed by atoms with Gasteiger partial charge in [-0.15, -0.1) is 0 Å². The van der Waals surface area contributed by atoms with Crippen molar-refractivity contribution >= 4 is 0 Å². The average molecular weight is 143 g/mol. The molecule has 2 saturated heterocycles. The Balaban J connectivity index is 1.92. The minimum atomic E-state index is 0.153. The molecule has 58 valence electrons. The second kappa shape index (κ2) is 2.19. The molecule has 10 heavy (non-hydrogen) atoms. The van der Waals surface area contributed by atoms with E-state index >= 15 is 0 Å². The van der Waals surface area contributed by atoms with Gasteiger partial charge in [0.15, 0.2) is 0 Å². The molecule has 0 bridgehead atoms. The van der Waals surface area contributed by atoms with Crippen LogP contribution in [0.1, 0.15) is 6.42 Å². The summed E-state index contributed by atoms with van der Waals surface area (Å²) in [5.74, 6) is 0. The zero-order chi connectivity index (χ0) is 7.03. The van der Waals surface area contributed by atoms with Crippen molar-refractivity contribution in [3.05, 3.63) is 0 Å². The average Bonchev–Trinajstić information content (AvgIpc) is 2.29. The van der Waals surface area contributed by atoms with Crippen LogP contribution in [-0.4, -0.2) is 38.5 Å². The number of methoxy groups -OCH3 is 1. The van der Waals surface area contributed by atoms with Crippen molar-refractivity contribution in [1.82, 2.24) is 5.32 Å². The van der Waals surface area contributed by atoms with Crippen LogP contribution in [0.4, 0.5) is 0 Å². The van der Waals surface area contributed by atoms with Gasteiger partial charge in [-0.05, 0) is 0 Å². The molecule has 0 aromatic rings. The van der Waals surface area contributed by atoms with E-state index < -0.39 is 0 Å². The smallest absolute Gasteiger partial charge is 0.0956 e. The van der Waals surface area contributed by atoms with E-state index in [-0.39, 0.29) is 5.60 Å². The molecule has 3 heteroatoms. The molecule has 0 saturated carbocycles. The van der Waals surface area contributed by atoms with E-state index in [4.69, 9.17) is 9.47 Å². The quantitative estimate of drug-likeness (QED) is 0.549. The van der Waals surface area contributed by atoms with Gasteiger partial charge < -0.3 is 14.8 Å². The first-order chi connectivity index (χ1) is 4.85. The topological polar surface area (TPSA) is 30.5 Å². The van der Waals surface area contributed by atoms with Gasteiger partial charge in [-0.1, -0.05) is 0 Å². The highest BCUT2D eigenvalue weighted by molar-refractivity contribution is 5.00. The molecular weight excluding hydrogens is 130 g/mol. The SMILES string of the molecule is COC1COC2(CNC2)C1. The van der Waals surface area contributed by atoms with Crippen molar-refractivity contribution < 1.29 is 9.47 Å². The Kier molecular flexibility index (Phi) is 1.44. The largest absolute Gasteiger partial charge is 0.379 e. The van der Waals surface area contributed by atoms with Crippen LogP contribution in [0, 0.1) is 0 Å². The van der Waals surface area contributed by atoms with Crippen molar-refractivity contribution in [2.45, 2.75) is 18.1 Å². The van der Waals surface area contributed by atoms with Crippen LogP contribution in [0.2, 0.25) is 0 Å². The molecule has 2 aliphatic heterocycles. The second-order valence-corrected chi connectivity index (χ2v) is 3.16. The zero-order valence-corrected chi connectivity index (χ0v) is 6.22. The highest BCUT2D eigenvalue weighted by Gasteiger charge is 2.45. The lowest BCUT2D eigenvalue weighted by atomic mass is 9.93. The maximum atomic E-state index is 5.59. The maximum Gasteiger partial charge on any atom is 0.0956 e. The monoisotopic (exact) mass is 143 g/mol. The van der Waals surface area contributed by atoms with Crippen LogP contribution < -0.4 is 5.32 Å². The lowest BCUT2D eigenvalue weighted by molar-refractivity contribution is -0.0376. The summed E-state index contributed by atoms with van der Waals surface area (Å²) in [4.78, 5) is 0. The summed E-state index contributed by atoms with van der Waals surface area (Å²) >= 11 is 0. The van der Waals surface area contributed by atoms with E-state index in [2.05, 4.69) is 5.32 Å². The van der Waals surface area contributed by atoms with Crippen molar-refractivity contribution in [3.63, 3.8) is 0 Å². The number of rotatable bonds is 1. The zero-order valence-electron chi connectivity index (χ0n) is 6.22. The molecule has 1 spiro atoms. The molecule has 0 aliphatic carbocycles. The van der Waals surface area contributed by atoms with Crippen LogP contribution in [0.5, 0.6) is 0 Å². The molecule has 0 radical (unpaired) electrons. The van der Waals surface area contributed by atoms with E-state index in [9.17, 15) is 0 Å². The van der Waals surface area contributed by atoms with Crippen molar-refractivity contribution in [1.29, 1.82) is 0 Å². The van der Waals surface area contributed by atoms with E-state index in [1.807, 2.05) is 0 Å². The van der Waals surface area contributed by atoms with E-state index in [0.29, 0.717) is 6.10 Å². The molecule has 2 aliphatic rings. The normalized spacial score (nSPS) is 36.3. The van der Waals surface area contributed by atoms with Gasteiger partial charge in [0.2, 0.25) is 0 Å². The van der Waals surface area contributed by atoms with Crippen molar-refractivity contribution in [2.24, 2.45) is 0 Å². The minimum Gasteiger partial charge on any atom is -0.379 e. The Bertz CT molecular complexity index is 134. The van der Waals surface area contributed by atoms with Gasteiger partial charge in [-0.2, -0.15) is 0 Å². The Labute approximate surface area is 60.7 Å².